The van der Waals surface area contributed by atoms with Crippen molar-refractivity contribution in [2.24, 2.45) is 0 Å². The highest BCUT2D eigenvalue weighted by Gasteiger charge is 2.14. The minimum Gasteiger partial charge on any atom is -0.369 e. The fourth-order valence-corrected chi connectivity index (χ4v) is 1.82. The van der Waals surface area contributed by atoms with Gasteiger partial charge < -0.3 is 5.32 Å². The Kier molecular flexibility index (Phi) is 3.23. The van der Waals surface area contributed by atoms with Crippen molar-refractivity contribution < 1.29 is 8.78 Å². The number of rotatable bonds is 5. The third-order valence-corrected chi connectivity index (χ3v) is 2.75. The lowest BCUT2D eigenvalue weighted by molar-refractivity contribution is 0.146. The zero-order chi connectivity index (χ0) is 13.9. The van der Waals surface area contributed by atoms with E-state index in [0.717, 1.165) is 5.69 Å². The Hall–Kier alpha value is -2.58. The Bertz CT molecular complexity index is 692. The molecule has 7 nitrogen and oxygen atoms in total. The van der Waals surface area contributed by atoms with E-state index in [1.165, 1.54) is 16.9 Å². The quantitative estimate of drug-likeness (QED) is 0.738. The van der Waals surface area contributed by atoms with Crippen LogP contribution in [0.25, 0.3) is 5.78 Å². The number of anilines is 1. The first kappa shape index (κ1) is 12.5. The molecule has 20 heavy (non-hydrogen) atoms. The van der Waals surface area contributed by atoms with Crippen molar-refractivity contribution in [3.8, 4) is 0 Å². The summed E-state index contributed by atoms with van der Waals surface area (Å²) in [7, 11) is 0. The van der Waals surface area contributed by atoms with E-state index < -0.39 is 6.43 Å². The number of fused-ring (bicyclic) bond motifs is 1. The summed E-state index contributed by atoms with van der Waals surface area (Å²) in [5, 5.41) is 13.7. The number of halogens is 2. The number of hydrogen-bond acceptors (Lipinski definition) is 5. The van der Waals surface area contributed by atoms with E-state index in [1.807, 2.05) is 6.07 Å². The lowest BCUT2D eigenvalue weighted by atomic mass is 10.3. The van der Waals surface area contributed by atoms with E-state index in [9.17, 15) is 8.78 Å². The van der Waals surface area contributed by atoms with Crippen LogP contribution < -0.4 is 5.32 Å². The van der Waals surface area contributed by atoms with E-state index in [4.69, 9.17) is 0 Å². The van der Waals surface area contributed by atoms with E-state index >= 15 is 0 Å². The third-order valence-electron chi connectivity index (χ3n) is 2.75. The van der Waals surface area contributed by atoms with Gasteiger partial charge in [-0.25, -0.2) is 13.8 Å². The molecule has 3 aromatic heterocycles. The molecular formula is C11H11F2N7. The van der Waals surface area contributed by atoms with Crippen LogP contribution in [0.4, 0.5) is 14.6 Å². The molecule has 3 rings (SSSR count). The molecule has 0 aliphatic heterocycles. The first-order valence-corrected chi connectivity index (χ1v) is 5.95. The minimum atomic E-state index is -2.65. The summed E-state index contributed by atoms with van der Waals surface area (Å²) in [4.78, 5) is 7.57. The fourth-order valence-electron chi connectivity index (χ4n) is 1.82. The molecule has 9 heteroatoms. The van der Waals surface area contributed by atoms with E-state index in [-0.39, 0.29) is 11.5 Å². The van der Waals surface area contributed by atoms with E-state index in [0.29, 0.717) is 18.8 Å². The van der Waals surface area contributed by atoms with Gasteiger partial charge in [-0.1, -0.05) is 0 Å². The van der Waals surface area contributed by atoms with Gasteiger partial charge in [0.05, 0.1) is 0 Å². The van der Waals surface area contributed by atoms with Gasteiger partial charge >= 0.3 is 0 Å². The standard InChI is InChI=1S/C11H11F2N7/c12-10(13)8-5-9(20-11(18-8)15-6-17-20)14-3-1-7-2-4-16-19-7/h2,4-6,10,14H,1,3H2,(H,16,19). The smallest absolute Gasteiger partial charge is 0.280 e. The molecule has 0 saturated carbocycles. The Morgan fingerprint density at radius 1 is 1.40 bits per heavy atom. The molecule has 0 spiro atoms. The summed E-state index contributed by atoms with van der Waals surface area (Å²) in [5.74, 6) is 0.578. The number of aromatic nitrogens is 6. The van der Waals surface area contributed by atoms with Crippen LogP contribution in [0.5, 0.6) is 0 Å². The molecule has 104 valence electrons. The van der Waals surface area contributed by atoms with Gasteiger partial charge in [-0.3, -0.25) is 5.10 Å². The number of aromatic amines is 1. The highest BCUT2D eigenvalue weighted by molar-refractivity contribution is 5.45. The highest BCUT2D eigenvalue weighted by Crippen LogP contribution is 2.20. The van der Waals surface area contributed by atoms with Crippen molar-refractivity contribution in [3.63, 3.8) is 0 Å². The van der Waals surface area contributed by atoms with Crippen LogP contribution in [0, 0.1) is 0 Å². The van der Waals surface area contributed by atoms with E-state index in [1.54, 1.807) is 6.20 Å². The molecule has 0 fully saturated rings. The number of nitrogens with zero attached hydrogens (tertiary/aromatic N) is 5. The summed E-state index contributed by atoms with van der Waals surface area (Å²) in [6.07, 6.45) is 0.969. The fraction of sp³-hybridized carbons (Fsp3) is 0.273. The van der Waals surface area contributed by atoms with Gasteiger partial charge in [0.15, 0.2) is 0 Å². The van der Waals surface area contributed by atoms with Gasteiger partial charge in [0.1, 0.15) is 17.8 Å². The maximum atomic E-state index is 12.8. The second-order valence-corrected chi connectivity index (χ2v) is 4.10. The predicted molar refractivity (Wildman–Crippen MR) is 66.5 cm³/mol. The SMILES string of the molecule is FC(F)c1cc(NCCc2ccn[nH]2)n2ncnc2n1. The zero-order valence-electron chi connectivity index (χ0n) is 10.3. The van der Waals surface area contributed by atoms with Crippen LogP contribution in [-0.4, -0.2) is 36.3 Å². The molecule has 3 heterocycles. The van der Waals surface area contributed by atoms with Crippen molar-refractivity contribution >= 4 is 11.6 Å². The van der Waals surface area contributed by atoms with Crippen LogP contribution in [0.2, 0.25) is 0 Å². The molecule has 0 unspecified atom stereocenters. The summed E-state index contributed by atoms with van der Waals surface area (Å²) in [5.41, 5.74) is 0.630. The van der Waals surface area contributed by atoms with Gasteiger partial charge in [-0.05, 0) is 6.07 Å². The van der Waals surface area contributed by atoms with Crippen LogP contribution in [0.15, 0.2) is 24.7 Å². The largest absolute Gasteiger partial charge is 0.369 e. The minimum absolute atomic E-state index is 0.145. The Morgan fingerprint density at radius 3 is 3.05 bits per heavy atom. The van der Waals surface area contributed by atoms with Crippen molar-refractivity contribution in [1.82, 2.24) is 29.8 Å². The van der Waals surface area contributed by atoms with Crippen molar-refractivity contribution in [2.45, 2.75) is 12.8 Å². The van der Waals surface area contributed by atoms with Crippen molar-refractivity contribution in [3.05, 3.63) is 36.0 Å². The second-order valence-electron chi connectivity index (χ2n) is 4.10. The zero-order valence-corrected chi connectivity index (χ0v) is 10.3. The number of hydrogen-bond donors (Lipinski definition) is 2. The maximum absolute atomic E-state index is 12.8. The number of H-pyrrole nitrogens is 1. The van der Waals surface area contributed by atoms with Crippen LogP contribution in [-0.2, 0) is 6.42 Å². The Morgan fingerprint density at radius 2 is 2.30 bits per heavy atom. The molecule has 0 aliphatic carbocycles. The summed E-state index contributed by atoms with van der Waals surface area (Å²) >= 11 is 0. The van der Waals surface area contributed by atoms with Crippen LogP contribution in [0.3, 0.4) is 0 Å². The van der Waals surface area contributed by atoms with Crippen LogP contribution >= 0.6 is 0 Å². The summed E-state index contributed by atoms with van der Waals surface area (Å²) in [6.45, 7) is 0.545. The number of alkyl halides is 2. The van der Waals surface area contributed by atoms with Gasteiger partial charge in [0, 0.05) is 30.9 Å². The first-order chi connectivity index (χ1) is 9.74. The molecule has 0 amide bonds. The van der Waals surface area contributed by atoms with Gasteiger partial charge in [-0.2, -0.15) is 19.7 Å². The van der Waals surface area contributed by atoms with Gasteiger partial charge in [-0.15, -0.1) is 0 Å². The Labute approximate surface area is 112 Å². The van der Waals surface area contributed by atoms with E-state index in [2.05, 4.69) is 30.6 Å². The molecule has 0 saturated heterocycles. The Balaban J connectivity index is 1.80. The molecule has 0 aromatic carbocycles. The maximum Gasteiger partial charge on any atom is 0.280 e. The summed E-state index contributed by atoms with van der Waals surface area (Å²) < 4.78 is 26.9. The topological polar surface area (TPSA) is 83.8 Å². The number of nitrogens with one attached hydrogen (secondary N) is 2. The van der Waals surface area contributed by atoms with Crippen LogP contribution in [0.1, 0.15) is 17.8 Å². The average Bonchev–Trinajstić information content (AvgIpc) is 3.08. The second kappa shape index (κ2) is 5.19. The predicted octanol–water partition coefficient (Wildman–Crippen LogP) is 1.44. The molecule has 2 N–H and O–H groups in total. The molecular weight excluding hydrogens is 268 g/mol. The third kappa shape index (κ3) is 2.42. The lowest BCUT2D eigenvalue weighted by Gasteiger charge is -2.09. The average molecular weight is 279 g/mol. The molecule has 0 bridgehead atoms. The van der Waals surface area contributed by atoms with Gasteiger partial charge in [0.25, 0.3) is 12.2 Å². The van der Waals surface area contributed by atoms with Gasteiger partial charge in [0.2, 0.25) is 0 Å². The molecule has 0 radical (unpaired) electrons. The first-order valence-electron chi connectivity index (χ1n) is 5.95. The normalized spacial score (nSPS) is 11.3. The molecule has 3 aromatic rings. The molecule has 0 aliphatic rings. The monoisotopic (exact) mass is 279 g/mol. The summed E-state index contributed by atoms with van der Waals surface area (Å²) in [6, 6.07) is 3.13. The van der Waals surface area contributed by atoms with Crippen molar-refractivity contribution in [2.75, 3.05) is 11.9 Å². The molecule has 0 atom stereocenters. The lowest BCUT2D eigenvalue weighted by Crippen LogP contribution is -2.11. The highest BCUT2D eigenvalue weighted by atomic mass is 19.3. The van der Waals surface area contributed by atoms with Crippen molar-refractivity contribution in [1.29, 1.82) is 0 Å².